The van der Waals surface area contributed by atoms with E-state index in [1.54, 1.807) is 7.11 Å². The first-order chi connectivity index (χ1) is 6.36. The molecule has 1 heterocycles. The molecule has 0 saturated heterocycles. The first kappa shape index (κ1) is 7.98. The Labute approximate surface area is 76.7 Å². The van der Waals surface area contributed by atoms with Gasteiger partial charge in [0.25, 0.3) is 0 Å². The number of methoxy groups -OCH3 is 1. The molecule has 0 atom stereocenters. The summed E-state index contributed by atoms with van der Waals surface area (Å²) in [5.41, 5.74) is 2.17. The minimum absolute atomic E-state index is 0.898. The largest absolute Gasteiger partial charge is 0.496 e. The molecule has 0 spiro atoms. The molecule has 0 aliphatic rings. The second kappa shape index (κ2) is 3.01. The Kier molecular flexibility index (Phi) is 1.85. The number of ether oxygens (including phenoxy) is 1. The van der Waals surface area contributed by atoms with E-state index in [0.29, 0.717) is 0 Å². The number of aromatic amines is 1. The number of H-pyrrole nitrogens is 1. The molecule has 2 N–H and O–H groups in total. The van der Waals surface area contributed by atoms with Gasteiger partial charge in [0.05, 0.1) is 18.3 Å². The summed E-state index contributed by atoms with van der Waals surface area (Å²) < 4.78 is 5.24. The van der Waals surface area contributed by atoms with E-state index >= 15 is 0 Å². The molecule has 3 nitrogen and oxygen atoms in total. The summed E-state index contributed by atoms with van der Waals surface area (Å²) in [6, 6.07) is 5.97. The van der Waals surface area contributed by atoms with Crippen LogP contribution in [-0.4, -0.2) is 19.1 Å². The van der Waals surface area contributed by atoms with E-state index < -0.39 is 0 Å². The van der Waals surface area contributed by atoms with Crippen LogP contribution in [-0.2, 0) is 0 Å². The van der Waals surface area contributed by atoms with Crippen molar-refractivity contribution >= 4 is 16.6 Å². The highest BCUT2D eigenvalue weighted by Gasteiger charge is 2.05. The minimum Gasteiger partial charge on any atom is -0.496 e. The fraction of sp³-hybridized carbons (Fsp3) is 0.200. The highest BCUT2D eigenvalue weighted by atomic mass is 16.5. The van der Waals surface area contributed by atoms with Crippen molar-refractivity contribution < 1.29 is 4.74 Å². The van der Waals surface area contributed by atoms with E-state index in [1.165, 1.54) is 0 Å². The second-order valence-corrected chi connectivity index (χ2v) is 2.83. The Morgan fingerprint density at radius 1 is 1.31 bits per heavy atom. The Hall–Kier alpha value is -1.64. The molecular weight excluding hydrogens is 164 g/mol. The van der Waals surface area contributed by atoms with E-state index in [2.05, 4.69) is 10.3 Å². The molecule has 0 bridgehead atoms. The summed E-state index contributed by atoms with van der Waals surface area (Å²) in [5, 5.41) is 4.23. The molecule has 0 aliphatic heterocycles. The number of benzene rings is 1. The van der Waals surface area contributed by atoms with Crippen LogP contribution in [0.5, 0.6) is 5.75 Å². The molecule has 0 unspecified atom stereocenters. The van der Waals surface area contributed by atoms with Crippen molar-refractivity contribution in [2.24, 2.45) is 0 Å². The van der Waals surface area contributed by atoms with E-state index in [0.717, 1.165) is 22.3 Å². The van der Waals surface area contributed by atoms with Crippen molar-refractivity contribution in [1.82, 2.24) is 4.98 Å². The van der Waals surface area contributed by atoms with E-state index in [1.807, 2.05) is 31.4 Å². The van der Waals surface area contributed by atoms with Crippen LogP contribution >= 0.6 is 0 Å². The SMILES string of the molecule is CNc1ccc(OC)c2cc[nH]c12. The number of hydrogen-bond donors (Lipinski definition) is 2. The quantitative estimate of drug-likeness (QED) is 0.736. The Bertz CT molecular complexity index is 382. The van der Waals surface area contributed by atoms with Crippen molar-refractivity contribution in [3.05, 3.63) is 24.4 Å². The van der Waals surface area contributed by atoms with Gasteiger partial charge in [-0.15, -0.1) is 0 Å². The third-order valence-corrected chi connectivity index (χ3v) is 2.17. The number of anilines is 1. The fourth-order valence-corrected chi connectivity index (χ4v) is 1.52. The van der Waals surface area contributed by atoms with E-state index in [9.17, 15) is 0 Å². The molecule has 0 amide bonds. The van der Waals surface area contributed by atoms with Crippen LogP contribution in [0.1, 0.15) is 0 Å². The van der Waals surface area contributed by atoms with Gasteiger partial charge in [-0.1, -0.05) is 0 Å². The highest BCUT2D eigenvalue weighted by Crippen LogP contribution is 2.29. The summed E-state index contributed by atoms with van der Waals surface area (Å²) in [6.07, 6.45) is 1.91. The van der Waals surface area contributed by atoms with Gasteiger partial charge in [0.1, 0.15) is 5.75 Å². The lowest BCUT2D eigenvalue weighted by atomic mass is 10.2. The van der Waals surface area contributed by atoms with Gasteiger partial charge in [0, 0.05) is 18.6 Å². The van der Waals surface area contributed by atoms with Gasteiger partial charge in [-0.2, -0.15) is 0 Å². The van der Waals surface area contributed by atoms with Crippen LogP contribution in [0.3, 0.4) is 0 Å². The third kappa shape index (κ3) is 1.13. The number of fused-ring (bicyclic) bond motifs is 1. The molecule has 1 aromatic carbocycles. The van der Waals surface area contributed by atoms with Crippen molar-refractivity contribution in [2.45, 2.75) is 0 Å². The number of nitrogens with one attached hydrogen (secondary N) is 2. The van der Waals surface area contributed by atoms with Crippen LogP contribution in [0.4, 0.5) is 5.69 Å². The van der Waals surface area contributed by atoms with Crippen LogP contribution < -0.4 is 10.1 Å². The monoisotopic (exact) mass is 176 g/mol. The van der Waals surface area contributed by atoms with Crippen LogP contribution in [0.2, 0.25) is 0 Å². The number of hydrogen-bond acceptors (Lipinski definition) is 2. The minimum atomic E-state index is 0.898. The Balaban J connectivity index is 2.74. The molecule has 0 saturated carbocycles. The zero-order valence-corrected chi connectivity index (χ0v) is 7.72. The van der Waals surface area contributed by atoms with Gasteiger partial charge < -0.3 is 15.0 Å². The van der Waals surface area contributed by atoms with Gasteiger partial charge in [-0.3, -0.25) is 0 Å². The summed E-state index contributed by atoms with van der Waals surface area (Å²) in [4.78, 5) is 3.17. The molecule has 0 fully saturated rings. The van der Waals surface area contributed by atoms with Crippen molar-refractivity contribution in [3.63, 3.8) is 0 Å². The smallest absolute Gasteiger partial charge is 0.128 e. The zero-order valence-electron chi connectivity index (χ0n) is 7.72. The highest BCUT2D eigenvalue weighted by molar-refractivity contribution is 5.95. The van der Waals surface area contributed by atoms with Gasteiger partial charge >= 0.3 is 0 Å². The van der Waals surface area contributed by atoms with Crippen LogP contribution in [0.15, 0.2) is 24.4 Å². The van der Waals surface area contributed by atoms with Gasteiger partial charge in [-0.25, -0.2) is 0 Å². The van der Waals surface area contributed by atoms with E-state index in [4.69, 9.17) is 4.74 Å². The Morgan fingerprint density at radius 2 is 2.15 bits per heavy atom. The number of aromatic nitrogens is 1. The van der Waals surface area contributed by atoms with Gasteiger partial charge in [-0.05, 0) is 18.2 Å². The molecule has 68 valence electrons. The van der Waals surface area contributed by atoms with Crippen molar-refractivity contribution in [2.75, 3.05) is 19.5 Å². The average molecular weight is 176 g/mol. The maximum Gasteiger partial charge on any atom is 0.128 e. The normalized spacial score (nSPS) is 10.3. The molecule has 2 aromatic rings. The summed E-state index contributed by atoms with van der Waals surface area (Å²) in [5.74, 6) is 0.898. The van der Waals surface area contributed by atoms with Crippen molar-refractivity contribution in [1.29, 1.82) is 0 Å². The first-order valence-corrected chi connectivity index (χ1v) is 4.18. The van der Waals surface area contributed by atoms with Gasteiger partial charge in [0.2, 0.25) is 0 Å². The van der Waals surface area contributed by atoms with Crippen LogP contribution in [0, 0.1) is 0 Å². The predicted octanol–water partition coefficient (Wildman–Crippen LogP) is 2.22. The maximum absolute atomic E-state index is 5.24. The Morgan fingerprint density at radius 3 is 2.85 bits per heavy atom. The predicted molar refractivity (Wildman–Crippen MR) is 54.4 cm³/mol. The summed E-state index contributed by atoms with van der Waals surface area (Å²) >= 11 is 0. The molecular formula is C10H12N2O. The topological polar surface area (TPSA) is 37.0 Å². The molecule has 2 rings (SSSR count). The molecule has 0 radical (unpaired) electrons. The summed E-state index contributed by atoms with van der Waals surface area (Å²) in [7, 11) is 3.59. The maximum atomic E-state index is 5.24. The zero-order chi connectivity index (χ0) is 9.26. The van der Waals surface area contributed by atoms with E-state index in [-0.39, 0.29) is 0 Å². The third-order valence-electron chi connectivity index (χ3n) is 2.17. The molecule has 3 heteroatoms. The van der Waals surface area contributed by atoms with Crippen molar-refractivity contribution in [3.8, 4) is 5.75 Å². The first-order valence-electron chi connectivity index (χ1n) is 4.18. The van der Waals surface area contributed by atoms with Gasteiger partial charge in [0.15, 0.2) is 0 Å². The fourth-order valence-electron chi connectivity index (χ4n) is 1.52. The molecule has 13 heavy (non-hydrogen) atoms. The second-order valence-electron chi connectivity index (χ2n) is 2.83. The summed E-state index contributed by atoms with van der Waals surface area (Å²) in [6.45, 7) is 0. The van der Waals surface area contributed by atoms with Crippen LogP contribution in [0.25, 0.3) is 10.9 Å². The lowest BCUT2D eigenvalue weighted by Gasteiger charge is -2.05. The average Bonchev–Trinajstić information content (AvgIpc) is 2.64. The molecule has 0 aliphatic carbocycles. The number of rotatable bonds is 2. The lowest BCUT2D eigenvalue weighted by molar-refractivity contribution is 0.420. The molecule has 1 aromatic heterocycles. The lowest BCUT2D eigenvalue weighted by Crippen LogP contribution is -1.90. The standard InChI is InChI=1S/C10H12N2O/c1-11-8-3-4-9(13-2)7-5-6-12-10(7)8/h3-6,11-12H,1-2H3.